The molecule has 0 aliphatic rings. The molecule has 2 heteroatoms. The Bertz CT molecular complexity index is 752. The van der Waals surface area contributed by atoms with Crippen LogP contribution in [0.25, 0.3) is 5.69 Å². The maximum atomic E-state index is 4.61. The zero-order valence-corrected chi connectivity index (χ0v) is 13.5. The van der Waals surface area contributed by atoms with E-state index >= 15 is 0 Å². The second kappa shape index (κ2) is 7.59. The van der Waals surface area contributed by atoms with Crippen LogP contribution in [0.15, 0.2) is 77.9 Å². The van der Waals surface area contributed by atoms with E-state index in [4.69, 9.17) is 0 Å². The van der Waals surface area contributed by atoms with Crippen LogP contribution >= 0.6 is 0 Å². The average molecular weight is 302 g/mol. The Morgan fingerprint density at radius 1 is 0.913 bits per heavy atom. The molecule has 0 N–H and O–H groups in total. The topological polar surface area (TPSA) is 17.3 Å². The molecule has 0 saturated carbocycles. The standard InChI is InChI=1S/C21H22N2/c1-2-3-8-18-12-14-19(15-13-18)22-17-21-11-7-16-23(21)20-9-5-4-6-10-20/h4-7,9-17H,2-3,8H2,1H3. The Hall–Kier alpha value is -2.61. The molecule has 23 heavy (non-hydrogen) atoms. The van der Waals surface area contributed by atoms with Gasteiger partial charge in [-0.25, -0.2) is 0 Å². The predicted octanol–water partition coefficient (Wildman–Crippen LogP) is 5.57. The van der Waals surface area contributed by atoms with Gasteiger partial charge in [0.25, 0.3) is 0 Å². The van der Waals surface area contributed by atoms with Gasteiger partial charge in [-0.05, 0) is 54.8 Å². The molecular weight excluding hydrogens is 280 g/mol. The van der Waals surface area contributed by atoms with Gasteiger partial charge in [-0.15, -0.1) is 0 Å². The van der Waals surface area contributed by atoms with Gasteiger partial charge < -0.3 is 4.57 Å². The van der Waals surface area contributed by atoms with E-state index in [1.165, 1.54) is 18.4 Å². The molecule has 0 fully saturated rings. The first-order valence-corrected chi connectivity index (χ1v) is 8.22. The predicted molar refractivity (Wildman–Crippen MR) is 98.1 cm³/mol. The highest BCUT2D eigenvalue weighted by Crippen LogP contribution is 2.16. The Kier molecular flexibility index (Phi) is 5.05. The summed E-state index contributed by atoms with van der Waals surface area (Å²) in [6.45, 7) is 2.22. The van der Waals surface area contributed by atoms with Crippen molar-refractivity contribution < 1.29 is 0 Å². The van der Waals surface area contributed by atoms with E-state index in [1.807, 2.05) is 30.5 Å². The van der Waals surface area contributed by atoms with Crippen molar-refractivity contribution in [3.05, 3.63) is 84.2 Å². The number of rotatable bonds is 6. The fraction of sp³-hybridized carbons (Fsp3) is 0.190. The van der Waals surface area contributed by atoms with Crippen molar-refractivity contribution >= 4 is 11.9 Å². The van der Waals surface area contributed by atoms with Crippen LogP contribution in [0.5, 0.6) is 0 Å². The van der Waals surface area contributed by atoms with Crippen LogP contribution in [0, 0.1) is 0 Å². The third kappa shape index (κ3) is 3.98. The summed E-state index contributed by atoms with van der Waals surface area (Å²) in [6, 6.07) is 23.0. The number of benzene rings is 2. The highest BCUT2D eigenvalue weighted by Gasteiger charge is 2.00. The van der Waals surface area contributed by atoms with Crippen molar-refractivity contribution in [2.45, 2.75) is 26.2 Å². The van der Waals surface area contributed by atoms with Crippen LogP contribution in [0.1, 0.15) is 31.0 Å². The van der Waals surface area contributed by atoms with Crippen molar-refractivity contribution in [3.8, 4) is 5.69 Å². The molecule has 2 aromatic carbocycles. The second-order valence-corrected chi connectivity index (χ2v) is 5.67. The van der Waals surface area contributed by atoms with Gasteiger partial charge >= 0.3 is 0 Å². The van der Waals surface area contributed by atoms with Crippen LogP contribution < -0.4 is 0 Å². The fourth-order valence-corrected chi connectivity index (χ4v) is 2.59. The van der Waals surface area contributed by atoms with E-state index in [0.29, 0.717) is 0 Å². The SMILES string of the molecule is CCCCc1ccc(N=Cc2cccn2-c2ccccc2)cc1. The quantitative estimate of drug-likeness (QED) is 0.530. The molecule has 1 heterocycles. The van der Waals surface area contributed by atoms with Gasteiger partial charge in [0.1, 0.15) is 0 Å². The summed E-state index contributed by atoms with van der Waals surface area (Å²) < 4.78 is 2.14. The molecule has 0 spiro atoms. The summed E-state index contributed by atoms with van der Waals surface area (Å²) in [5.41, 5.74) is 4.60. The van der Waals surface area contributed by atoms with Crippen molar-refractivity contribution in [1.82, 2.24) is 4.57 Å². The first-order valence-electron chi connectivity index (χ1n) is 8.22. The molecule has 2 nitrogen and oxygen atoms in total. The Morgan fingerprint density at radius 3 is 2.43 bits per heavy atom. The minimum atomic E-state index is 0.992. The van der Waals surface area contributed by atoms with Crippen LogP contribution in [-0.2, 0) is 6.42 Å². The number of hydrogen-bond donors (Lipinski definition) is 0. The first-order chi connectivity index (χ1) is 11.4. The molecule has 3 rings (SSSR count). The van der Waals surface area contributed by atoms with E-state index in [1.54, 1.807) is 0 Å². The molecule has 0 saturated heterocycles. The monoisotopic (exact) mass is 302 g/mol. The maximum absolute atomic E-state index is 4.61. The number of para-hydroxylation sites is 1. The van der Waals surface area contributed by atoms with E-state index in [-0.39, 0.29) is 0 Å². The largest absolute Gasteiger partial charge is 0.316 e. The second-order valence-electron chi connectivity index (χ2n) is 5.67. The average Bonchev–Trinajstić information content (AvgIpc) is 3.08. The van der Waals surface area contributed by atoms with Crippen molar-refractivity contribution in [2.75, 3.05) is 0 Å². The van der Waals surface area contributed by atoms with Crippen molar-refractivity contribution in [2.24, 2.45) is 4.99 Å². The van der Waals surface area contributed by atoms with E-state index in [2.05, 4.69) is 65.1 Å². The van der Waals surface area contributed by atoms with Gasteiger partial charge in [0, 0.05) is 11.9 Å². The van der Waals surface area contributed by atoms with E-state index in [0.717, 1.165) is 23.5 Å². The molecule has 1 aromatic heterocycles. The smallest absolute Gasteiger partial charge is 0.0639 e. The minimum absolute atomic E-state index is 0.992. The van der Waals surface area contributed by atoms with Gasteiger partial charge in [-0.3, -0.25) is 4.99 Å². The van der Waals surface area contributed by atoms with Crippen LogP contribution in [0.4, 0.5) is 5.69 Å². The molecular formula is C21H22N2. The Labute approximate surface area is 138 Å². The minimum Gasteiger partial charge on any atom is -0.316 e. The highest BCUT2D eigenvalue weighted by molar-refractivity contribution is 5.81. The van der Waals surface area contributed by atoms with Crippen LogP contribution in [0.2, 0.25) is 0 Å². The van der Waals surface area contributed by atoms with Crippen LogP contribution in [-0.4, -0.2) is 10.8 Å². The van der Waals surface area contributed by atoms with Crippen molar-refractivity contribution in [1.29, 1.82) is 0 Å². The molecule has 0 bridgehead atoms. The van der Waals surface area contributed by atoms with Gasteiger partial charge in [0.15, 0.2) is 0 Å². The van der Waals surface area contributed by atoms with E-state index in [9.17, 15) is 0 Å². The van der Waals surface area contributed by atoms with Gasteiger partial charge in [-0.2, -0.15) is 0 Å². The molecule has 0 amide bonds. The molecule has 0 aliphatic carbocycles. The molecule has 116 valence electrons. The number of aromatic nitrogens is 1. The third-order valence-electron chi connectivity index (χ3n) is 3.92. The summed E-state index contributed by atoms with van der Waals surface area (Å²) in [4.78, 5) is 4.61. The zero-order chi connectivity index (χ0) is 15.9. The molecule has 3 aromatic rings. The first kappa shape index (κ1) is 15.3. The summed E-state index contributed by atoms with van der Waals surface area (Å²) in [5, 5.41) is 0. The maximum Gasteiger partial charge on any atom is 0.0639 e. The van der Waals surface area contributed by atoms with Crippen LogP contribution in [0.3, 0.4) is 0 Å². The van der Waals surface area contributed by atoms with Gasteiger partial charge in [0.2, 0.25) is 0 Å². The molecule has 0 aliphatic heterocycles. The Morgan fingerprint density at radius 2 is 1.70 bits per heavy atom. The zero-order valence-electron chi connectivity index (χ0n) is 13.5. The number of aryl methyl sites for hydroxylation is 1. The number of nitrogens with zero attached hydrogens (tertiary/aromatic N) is 2. The third-order valence-corrected chi connectivity index (χ3v) is 3.92. The lowest BCUT2D eigenvalue weighted by atomic mass is 10.1. The summed E-state index contributed by atoms with van der Waals surface area (Å²) in [6.07, 6.45) is 7.61. The number of aliphatic imine (C=N–C) groups is 1. The number of unbranched alkanes of at least 4 members (excludes halogenated alkanes) is 1. The lowest BCUT2D eigenvalue weighted by Crippen LogP contribution is -1.97. The number of hydrogen-bond acceptors (Lipinski definition) is 1. The molecule has 0 unspecified atom stereocenters. The summed E-state index contributed by atoms with van der Waals surface area (Å²) in [7, 11) is 0. The summed E-state index contributed by atoms with van der Waals surface area (Å²) >= 11 is 0. The Balaban J connectivity index is 1.75. The fourth-order valence-electron chi connectivity index (χ4n) is 2.59. The molecule has 0 atom stereocenters. The normalized spacial score (nSPS) is 11.2. The van der Waals surface area contributed by atoms with Gasteiger partial charge in [-0.1, -0.05) is 43.7 Å². The lowest BCUT2D eigenvalue weighted by Gasteiger charge is -2.05. The summed E-state index contributed by atoms with van der Waals surface area (Å²) in [5.74, 6) is 0. The lowest BCUT2D eigenvalue weighted by molar-refractivity contribution is 0.795. The van der Waals surface area contributed by atoms with E-state index < -0.39 is 0 Å². The molecule has 0 radical (unpaired) electrons. The van der Waals surface area contributed by atoms with Gasteiger partial charge in [0.05, 0.1) is 17.6 Å². The van der Waals surface area contributed by atoms with Crippen molar-refractivity contribution in [3.63, 3.8) is 0 Å². The highest BCUT2D eigenvalue weighted by atomic mass is 15.0.